The summed E-state index contributed by atoms with van der Waals surface area (Å²) in [6.45, 7) is 10.0. The van der Waals surface area contributed by atoms with Gasteiger partial charge in [0.05, 0.1) is 35.2 Å². The fourth-order valence-corrected chi connectivity index (χ4v) is 4.45. The molecule has 1 N–H and O–H groups in total. The minimum atomic E-state index is -3.71. The van der Waals surface area contributed by atoms with E-state index < -0.39 is 10.0 Å². The number of nitrogens with one attached hydrogen (secondary N) is 1. The first-order valence-electron chi connectivity index (χ1n) is 8.56. The maximum Gasteiger partial charge on any atom is 0.262 e. The summed E-state index contributed by atoms with van der Waals surface area (Å²) in [6, 6.07) is 5.27. The van der Waals surface area contributed by atoms with Crippen molar-refractivity contribution in [2.45, 2.75) is 32.6 Å². The van der Waals surface area contributed by atoms with Crippen molar-refractivity contribution in [2.75, 3.05) is 35.9 Å². The van der Waals surface area contributed by atoms with Crippen LogP contribution in [0.1, 0.15) is 22.5 Å². The SMILES string of the molecule is Cc1ccc(S(=O)(=O)Nc2c(C)nc(N3CCOCC3)nc2C)c(C)c1. The van der Waals surface area contributed by atoms with Gasteiger partial charge in [-0.25, -0.2) is 18.4 Å². The van der Waals surface area contributed by atoms with Crippen LogP contribution < -0.4 is 9.62 Å². The maximum absolute atomic E-state index is 12.8. The lowest BCUT2D eigenvalue weighted by atomic mass is 10.2. The van der Waals surface area contributed by atoms with E-state index >= 15 is 0 Å². The first-order valence-corrected chi connectivity index (χ1v) is 10.0. The molecule has 0 unspecified atom stereocenters. The molecule has 0 atom stereocenters. The number of ether oxygens (including phenoxy) is 1. The zero-order chi connectivity index (χ0) is 18.9. The molecule has 0 radical (unpaired) electrons. The Kier molecular flexibility index (Phi) is 5.15. The third-order valence-electron chi connectivity index (χ3n) is 4.41. The van der Waals surface area contributed by atoms with Crippen molar-refractivity contribution in [2.24, 2.45) is 0 Å². The minimum absolute atomic E-state index is 0.263. The molecule has 2 aromatic rings. The van der Waals surface area contributed by atoms with Crippen molar-refractivity contribution < 1.29 is 13.2 Å². The average Bonchev–Trinajstić information content (AvgIpc) is 2.58. The van der Waals surface area contributed by atoms with Gasteiger partial charge >= 0.3 is 0 Å². The van der Waals surface area contributed by atoms with E-state index in [9.17, 15) is 8.42 Å². The number of rotatable bonds is 4. The van der Waals surface area contributed by atoms with E-state index in [1.165, 1.54) is 0 Å². The van der Waals surface area contributed by atoms with Gasteiger partial charge in [-0.15, -0.1) is 0 Å². The Bertz CT molecular complexity index is 899. The zero-order valence-electron chi connectivity index (χ0n) is 15.5. The highest BCUT2D eigenvalue weighted by Crippen LogP contribution is 2.25. The van der Waals surface area contributed by atoms with Crippen LogP contribution in [0, 0.1) is 27.7 Å². The number of nitrogens with zero attached hydrogens (tertiary/aromatic N) is 3. The molecule has 1 aliphatic rings. The highest BCUT2D eigenvalue weighted by molar-refractivity contribution is 7.92. The normalized spacial score (nSPS) is 15.2. The van der Waals surface area contributed by atoms with E-state index in [1.54, 1.807) is 32.9 Å². The molecule has 0 amide bonds. The van der Waals surface area contributed by atoms with E-state index in [2.05, 4.69) is 14.7 Å². The number of anilines is 2. The molecular weight excluding hydrogens is 352 g/mol. The predicted molar refractivity (Wildman–Crippen MR) is 101 cm³/mol. The van der Waals surface area contributed by atoms with E-state index in [1.807, 2.05) is 17.9 Å². The van der Waals surface area contributed by atoms with Crippen LogP contribution in [0.4, 0.5) is 11.6 Å². The molecule has 26 heavy (non-hydrogen) atoms. The van der Waals surface area contributed by atoms with Crippen LogP contribution in [-0.2, 0) is 14.8 Å². The minimum Gasteiger partial charge on any atom is -0.378 e. The summed E-state index contributed by atoms with van der Waals surface area (Å²) in [5.74, 6) is 0.609. The van der Waals surface area contributed by atoms with Gasteiger partial charge in [0.1, 0.15) is 0 Å². The van der Waals surface area contributed by atoms with E-state index in [4.69, 9.17) is 4.74 Å². The van der Waals surface area contributed by atoms with Gasteiger partial charge in [-0.2, -0.15) is 0 Å². The molecule has 0 spiro atoms. The molecule has 2 heterocycles. The second-order valence-electron chi connectivity index (χ2n) is 6.54. The Morgan fingerprint density at radius 1 is 1.04 bits per heavy atom. The number of hydrogen-bond acceptors (Lipinski definition) is 6. The van der Waals surface area contributed by atoms with Crippen molar-refractivity contribution in [3.8, 4) is 0 Å². The van der Waals surface area contributed by atoms with Gasteiger partial charge in [-0.3, -0.25) is 4.72 Å². The number of morpholine rings is 1. The van der Waals surface area contributed by atoms with Gasteiger partial charge in [-0.1, -0.05) is 17.7 Å². The lowest BCUT2D eigenvalue weighted by Gasteiger charge is -2.27. The predicted octanol–water partition coefficient (Wildman–Crippen LogP) is 2.35. The van der Waals surface area contributed by atoms with E-state index in [0.29, 0.717) is 41.8 Å². The van der Waals surface area contributed by atoms with Crippen LogP contribution in [0.3, 0.4) is 0 Å². The summed E-state index contributed by atoms with van der Waals surface area (Å²) < 4.78 is 33.7. The van der Waals surface area contributed by atoms with Gasteiger partial charge in [-0.05, 0) is 39.3 Å². The highest BCUT2D eigenvalue weighted by atomic mass is 32.2. The van der Waals surface area contributed by atoms with Crippen LogP contribution in [0.2, 0.25) is 0 Å². The van der Waals surface area contributed by atoms with E-state index in [0.717, 1.165) is 18.7 Å². The van der Waals surface area contributed by atoms with Gasteiger partial charge in [0.25, 0.3) is 10.0 Å². The fraction of sp³-hybridized carbons (Fsp3) is 0.444. The summed E-state index contributed by atoms with van der Waals surface area (Å²) in [6.07, 6.45) is 0. The number of benzene rings is 1. The van der Waals surface area contributed by atoms with Gasteiger partial charge in [0.2, 0.25) is 5.95 Å². The Labute approximate surface area is 154 Å². The Morgan fingerprint density at radius 2 is 1.65 bits per heavy atom. The summed E-state index contributed by atoms with van der Waals surface area (Å²) in [5, 5.41) is 0. The topological polar surface area (TPSA) is 84.4 Å². The molecule has 1 aromatic heterocycles. The van der Waals surface area contributed by atoms with Gasteiger partial charge < -0.3 is 9.64 Å². The van der Waals surface area contributed by atoms with Crippen LogP contribution in [-0.4, -0.2) is 44.7 Å². The fourth-order valence-electron chi connectivity index (χ4n) is 3.04. The Hall–Kier alpha value is -2.19. The van der Waals surface area contributed by atoms with Crippen LogP contribution in [0.25, 0.3) is 0 Å². The van der Waals surface area contributed by atoms with Crippen molar-refractivity contribution in [1.82, 2.24) is 9.97 Å². The molecule has 0 aliphatic carbocycles. The lowest BCUT2D eigenvalue weighted by molar-refractivity contribution is 0.122. The molecular formula is C18H24N4O3S. The molecule has 1 aliphatic heterocycles. The molecule has 0 saturated carbocycles. The summed E-state index contributed by atoms with van der Waals surface area (Å²) in [7, 11) is -3.71. The Morgan fingerprint density at radius 3 is 2.23 bits per heavy atom. The van der Waals surface area contributed by atoms with Crippen molar-refractivity contribution in [3.63, 3.8) is 0 Å². The zero-order valence-corrected chi connectivity index (χ0v) is 16.4. The number of sulfonamides is 1. The van der Waals surface area contributed by atoms with Crippen molar-refractivity contribution >= 4 is 21.7 Å². The molecule has 1 saturated heterocycles. The van der Waals surface area contributed by atoms with Crippen LogP contribution >= 0.6 is 0 Å². The highest BCUT2D eigenvalue weighted by Gasteiger charge is 2.22. The third-order valence-corrected chi connectivity index (χ3v) is 5.92. The average molecular weight is 376 g/mol. The summed E-state index contributed by atoms with van der Waals surface area (Å²) in [4.78, 5) is 11.3. The monoisotopic (exact) mass is 376 g/mol. The second-order valence-corrected chi connectivity index (χ2v) is 8.19. The maximum atomic E-state index is 12.8. The smallest absolute Gasteiger partial charge is 0.262 e. The molecule has 8 heteroatoms. The number of aromatic nitrogens is 2. The standard InChI is InChI=1S/C18H24N4O3S/c1-12-5-6-16(13(2)11-12)26(23,24)21-17-14(3)19-18(20-15(17)4)22-7-9-25-10-8-22/h5-6,11,21H,7-10H2,1-4H3. The van der Waals surface area contributed by atoms with E-state index in [-0.39, 0.29) is 4.90 Å². The summed E-state index contributed by atoms with van der Waals surface area (Å²) in [5.41, 5.74) is 3.37. The van der Waals surface area contributed by atoms with Gasteiger partial charge in [0.15, 0.2) is 0 Å². The molecule has 0 bridgehead atoms. The van der Waals surface area contributed by atoms with Crippen molar-refractivity contribution in [3.05, 3.63) is 40.7 Å². The lowest BCUT2D eigenvalue weighted by Crippen LogP contribution is -2.37. The van der Waals surface area contributed by atoms with Crippen LogP contribution in [0.5, 0.6) is 0 Å². The number of hydrogen-bond donors (Lipinski definition) is 1. The molecule has 1 fully saturated rings. The molecule has 140 valence electrons. The third kappa shape index (κ3) is 3.81. The first kappa shape index (κ1) is 18.6. The van der Waals surface area contributed by atoms with Crippen molar-refractivity contribution in [1.29, 1.82) is 0 Å². The second kappa shape index (κ2) is 7.20. The van der Waals surface area contributed by atoms with Gasteiger partial charge in [0, 0.05) is 13.1 Å². The molecule has 7 nitrogen and oxygen atoms in total. The molecule has 3 rings (SSSR count). The largest absolute Gasteiger partial charge is 0.378 e. The van der Waals surface area contributed by atoms with Crippen LogP contribution in [0.15, 0.2) is 23.1 Å². The molecule has 1 aromatic carbocycles. The number of aryl methyl sites for hydroxylation is 4. The quantitative estimate of drug-likeness (QED) is 0.882. The Balaban J connectivity index is 1.91. The summed E-state index contributed by atoms with van der Waals surface area (Å²) >= 11 is 0. The first-order chi connectivity index (χ1) is 12.3.